The fourth-order valence-electron chi connectivity index (χ4n) is 1.94. The summed E-state index contributed by atoms with van der Waals surface area (Å²) in [6, 6.07) is 11.0. The van der Waals surface area contributed by atoms with Crippen molar-refractivity contribution in [1.29, 1.82) is 0 Å². The maximum atomic E-state index is 12.0. The minimum atomic E-state index is -0.119. The molecule has 0 radical (unpaired) electrons. The lowest BCUT2D eigenvalue weighted by Crippen LogP contribution is -2.02. The summed E-state index contributed by atoms with van der Waals surface area (Å²) in [5, 5.41) is 0. The van der Waals surface area contributed by atoms with Crippen molar-refractivity contribution >= 4 is 16.9 Å². The van der Waals surface area contributed by atoms with Crippen molar-refractivity contribution in [3.63, 3.8) is 0 Å². The zero-order valence-electron chi connectivity index (χ0n) is 10.6. The average molecular weight is 255 g/mol. The molecule has 4 heteroatoms. The molecule has 1 aromatic carbocycles. The van der Waals surface area contributed by atoms with Gasteiger partial charge in [-0.2, -0.15) is 0 Å². The SMILES string of the molecule is CCc1ccc(C(=O)Cc2nc3ccccc3o2)o1. The van der Waals surface area contributed by atoms with Crippen LogP contribution in [0.5, 0.6) is 0 Å². The molecular formula is C15H13NO3. The van der Waals surface area contributed by atoms with E-state index < -0.39 is 0 Å². The van der Waals surface area contributed by atoms with E-state index in [0.29, 0.717) is 17.2 Å². The summed E-state index contributed by atoms with van der Waals surface area (Å²) >= 11 is 0. The van der Waals surface area contributed by atoms with E-state index >= 15 is 0 Å². The Hall–Kier alpha value is -2.36. The zero-order valence-corrected chi connectivity index (χ0v) is 10.6. The number of aryl methyl sites for hydroxylation is 1. The van der Waals surface area contributed by atoms with Crippen LogP contribution in [0.25, 0.3) is 11.1 Å². The molecule has 0 aliphatic carbocycles. The molecule has 0 atom stereocenters. The van der Waals surface area contributed by atoms with Crippen LogP contribution in [0.3, 0.4) is 0 Å². The fourth-order valence-corrected chi connectivity index (χ4v) is 1.94. The van der Waals surface area contributed by atoms with Gasteiger partial charge in [-0.15, -0.1) is 0 Å². The largest absolute Gasteiger partial charge is 0.458 e. The van der Waals surface area contributed by atoms with Crippen LogP contribution in [0, 0.1) is 0 Å². The monoisotopic (exact) mass is 255 g/mol. The third kappa shape index (κ3) is 2.29. The molecule has 2 aromatic heterocycles. The van der Waals surface area contributed by atoms with E-state index in [1.165, 1.54) is 0 Å². The molecule has 0 bridgehead atoms. The molecule has 0 N–H and O–H groups in total. The number of furan rings is 1. The highest BCUT2D eigenvalue weighted by Crippen LogP contribution is 2.17. The number of rotatable bonds is 4. The molecule has 3 aromatic rings. The van der Waals surface area contributed by atoms with Gasteiger partial charge in [0, 0.05) is 6.42 Å². The highest BCUT2D eigenvalue weighted by Gasteiger charge is 2.15. The second-order valence-corrected chi connectivity index (χ2v) is 4.29. The Morgan fingerprint density at radius 1 is 1.16 bits per heavy atom. The van der Waals surface area contributed by atoms with Crippen LogP contribution in [-0.4, -0.2) is 10.8 Å². The Morgan fingerprint density at radius 3 is 2.74 bits per heavy atom. The highest BCUT2D eigenvalue weighted by molar-refractivity contribution is 5.94. The lowest BCUT2D eigenvalue weighted by atomic mass is 10.2. The standard InChI is InChI=1S/C15H13NO3/c1-2-10-7-8-14(18-10)12(17)9-15-16-11-5-3-4-6-13(11)19-15/h3-8H,2,9H2,1H3. The van der Waals surface area contributed by atoms with Crippen LogP contribution >= 0.6 is 0 Å². The van der Waals surface area contributed by atoms with Gasteiger partial charge in [0.15, 0.2) is 11.3 Å². The van der Waals surface area contributed by atoms with Gasteiger partial charge in [0.2, 0.25) is 11.7 Å². The average Bonchev–Trinajstić information content (AvgIpc) is 3.04. The van der Waals surface area contributed by atoms with Gasteiger partial charge in [0.1, 0.15) is 11.3 Å². The summed E-state index contributed by atoms with van der Waals surface area (Å²) in [5.41, 5.74) is 1.46. The first kappa shape index (κ1) is 11.7. The Balaban J connectivity index is 1.82. The Labute approximate surface area is 110 Å². The van der Waals surface area contributed by atoms with Crippen LogP contribution in [0.15, 0.2) is 45.2 Å². The second-order valence-electron chi connectivity index (χ2n) is 4.29. The predicted octanol–water partition coefficient (Wildman–Crippen LogP) is 3.41. The van der Waals surface area contributed by atoms with Gasteiger partial charge in [-0.3, -0.25) is 4.79 Å². The molecule has 0 fully saturated rings. The van der Waals surface area contributed by atoms with Crippen molar-refractivity contribution in [2.24, 2.45) is 0 Å². The van der Waals surface area contributed by atoms with Crippen molar-refractivity contribution in [3.05, 3.63) is 53.8 Å². The van der Waals surface area contributed by atoms with Crippen molar-refractivity contribution in [2.75, 3.05) is 0 Å². The van der Waals surface area contributed by atoms with Crippen molar-refractivity contribution < 1.29 is 13.6 Å². The van der Waals surface area contributed by atoms with Crippen LogP contribution in [-0.2, 0) is 12.8 Å². The first-order chi connectivity index (χ1) is 9.26. The third-order valence-electron chi connectivity index (χ3n) is 2.93. The van der Waals surface area contributed by atoms with E-state index in [9.17, 15) is 4.79 Å². The number of oxazole rings is 1. The predicted molar refractivity (Wildman–Crippen MR) is 70.1 cm³/mol. The van der Waals surface area contributed by atoms with Gasteiger partial charge in [-0.05, 0) is 24.3 Å². The maximum Gasteiger partial charge on any atom is 0.207 e. The summed E-state index contributed by atoms with van der Waals surface area (Å²) in [5.74, 6) is 1.46. The number of hydrogen-bond donors (Lipinski definition) is 0. The van der Waals surface area contributed by atoms with E-state index in [1.807, 2.05) is 37.3 Å². The smallest absolute Gasteiger partial charge is 0.207 e. The first-order valence-electron chi connectivity index (χ1n) is 6.22. The number of Topliss-reactive ketones (excluding diaryl/α,β-unsaturated/α-hetero) is 1. The number of hydrogen-bond acceptors (Lipinski definition) is 4. The molecule has 3 rings (SSSR count). The summed E-state index contributed by atoms with van der Waals surface area (Å²) in [6.07, 6.45) is 0.890. The molecule has 4 nitrogen and oxygen atoms in total. The Bertz CT molecular complexity index is 691. The number of para-hydroxylation sites is 2. The Morgan fingerprint density at radius 2 is 2.00 bits per heavy atom. The number of nitrogens with zero attached hydrogens (tertiary/aromatic N) is 1. The van der Waals surface area contributed by atoms with Crippen LogP contribution in [0.2, 0.25) is 0 Å². The van der Waals surface area contributed by atoms with Gasteiger partial charge in [0.25, 0.3) is 0 Å². The van der Waals surface area contributed by atoms with Crippen LogP contribution in [0.4, 0.5) is 0 Å². The van der Waals surface area contributed by atoms with Gasteiger partial charge in [-0.25, -0.2) is 4.98 Å². The molecule has 0 aliphatic rings. The summed E-state index contributed by atoms with van der Waals surface area (Å²) in [4.78, 5) is 16.3. The number of ketones is 1. The number of fused-ring (bicyclic) bond motifs is 1. The minimum absolute atomic E-state index is 0.116. The lowest BCUT2D eigenvalue weighted by molar-refractivity contribution is 0.0957. The molecule has 0 amide bonds. The fraction of sp³-hybridized carbons (Fsp3) is 0.200. The van der Waals surface area contributed by atoms with Gasteiger partial charge in [-0.1, -0.05) is 19.1 Å². The minimum Gasteiger partial charge on any atom is -0.458 e. The van der Waals surface area contributed by atoms with Gasteiger partial charge in [0.05, 0.1) is 6.42 Å². The molecular weight excluding hydrogens is 242 g/mol. The van der Waals surface area contributed by atoms with Crippen molar-refractivity contribution in [3.8, 4) is 0 Å². The molecule has 19 heavy (non-hydrogen) atoms. The van der Waals surface area contributed by atoms with E-state index in [-0.39, 0.29) is 12.2 Å². The summed E-state index contributed by atoms with van der Waals surface area (Å²) < 4.78 is 10.9. The molecule has 2 heterocycles. The number of carbonyl (C=O) groups is 1. The number of benzene rings is 1. The zero-order chi connectivity index (χ0) is 13.2. The summed E-state index contributed by atoms with van der Waals surface area (Å²) in [6.45, 7) is 1.98. The molecule has 0 saturated carbocycles. The first-order valence-corrected chi connectivity index (χ1v) is 6.22. The number of carbonyl (C=O) groups excluding carboxylic acids is 1. The van der Waals surface area contributed by atoms with E-state index in [2.05, 4.69) is 4.98 Å². The lowest BCUT2D eigenvalue weighted by Gasteiger charge is -1.93. The quantitative estimate of drug-likeness (QED) is 0.670. The van der Waals surface area contributed by atoms with E-state index in [1.54, 1.807) is 6.07 Å². The maximum absolute atomic E-state index is 12.0. The topological polar surface area (TPSA) is 56.2 Å². The van der Waals surface area contributed by atoms with Gasteiger partial charge < -0.3 is 8.83 Å². The number of aromatic nitrogens is 1. The third-order valence-corrected chi connectivity index (χ3v) is 2.93. The summed E-state index contributed by atoms with van der Waals surface area (Å²) in [7, 11) is 0. The molecule has 0 saturated heterocycles. The van der Waals surface area contributed by atoms with Crippen LogP contribution in [0.1, 0.15) is 29.1 Å². The molecule has 0 unspecified atom stereocenters. The normalized spacial score (nSPS) is 11.0. The second kappa shape index (κ2) is 4.72. The molecule has 0 aliphatic heterocycles. The van der Waals surface area contributed by atoms with E-state index in [0.717, 1.165) is 17.7 Å². The van der Waals surface area contributed by atoms with Crippen LogP contribution < -0.4 is 0 Å². The van der Waals surface area contributed by atoms with E-state index in [4.69, 9.17) is 8.83 Å². The van der Waals surface area contributed by atoms with Crippen molar-refractivity contribution in [2.45, 2.75) is 19.8 Å². The Kier molecular flexibility index (Phi) is 2.91. The van der Waals surface area contributed by atoms with Crippen molar-refractivity contribution in [1.82, 2.24) is 4.98 Å². The molecule has 96 valence electrons. The molecule has 0 spiro atoms. The van der Waals surface area contributed by atoms with Gasteiger partial charge >= 0.3 is 0 Å². The highest BCUT2D eigenvalue weighted by atomic mass is 16.4.